The Hall–Kier alpha value is -2.91. The molecule has 0 atom stereocenters. The van der Waals surface area contributed by atoms with Gasteiger partial charge in [-0.15, -0.1) is 0 Å². The van der Waals surface area contributed by atoms with E-state index in [9.17, 15) is 4.79 Å². The molecule has 0 aliphatic rings. The van der Waals surface area contributed by atoms with E-state index in [1.54, 1.807) is 7.11 Å². The zero-order valence-electron chi connectivity index (χ0n) is 15.4. The number of nitrogens with zero attached hydrogens (tertiary/aromatic N) is 2. The zero-order valence-corrected chi connectivity index (χ0v) is 16.2. The highest BCUT2D eigenvalue weighted by atomic mass is 32.1. The number of nitriles is 1. The maximum atomic E-state index is 12.3. The molecule has 0 heterocycles. The highest BCUT2D eigenvalue weighted by Crippen LogP contribution is 2.11. The van der Waals surface area contributed by atoms with E-state index in [0.717, 1.165) is 17.7 Å². The largest absolute Gasteiger partial charge is 0.497 e. The normalized spacial score (nSPS) is 9.93. The minimum absolute atomic E-state index is 0.174. The van der Waals surface area contributed by atoms with E-state index < -0.39 is 0 Å². The van der Waals surface area contributed by atoms with E-state index >= 15 is 0 Å². The summed E-state index contributed by atoms with van der Waals surface area (Å²) >= 11 is 5.40. The van der Waals surface area contributed by atoms with Gasteiger partial charge in [0.15, 0.2) is 5.11 Å². The Morgan fingerprint density at radius 1 is 1.11 bits per heavy atom. The molecule has 6 heteroatoms. The van der Waals surface area contributed by atoms with Crippen molar-refractivity contribution in [3.05, 3.63) is 65.7 Å². The average Bonchev–Trinajstić information content (AvgIpc) is 2.69. The maximum Gasteiger partial charge on any atom is 0.230 e. The molecule has 0 fully saturated rings. The van der Waals surface area contributed by atoms with Gasteiger partial charge in [0.1, 0.15) is 5.75 Å². The van der Waals surface area contributed by atoms with Gasteiger partial charge in [-0.3, -0.25) is 4.79 Å². The number of thiocarbonyl (C=S) groups is 1. The molecule has 0 saturated carbocycles. The standard InChI is InChI=1S/C21H23N3O2S/c1-26-19-10-8-18(9-11-19)16-20(25)23-21(27)24(14-5-13-22)15-12-17-6-3-2-4-7-17/h2-4,6-11H,5,12,14-16H2,1H3,(H,23,25,27). The summed E-state index contributed by atoms with van der Waals surface area (Å²) in [6.45, 7) is 1.14. The molecule has 0 unspecified atom stereocenters. The quantitative estimate of drug-likeness (QED) is 0.712. The molecule has 0 bridgehead atoms. The molecule has 0 aromatic heterocycles. The fraction of sp³-hybridized carbons (Fsp3) is 0.286. The van der Waals surface area contributed by atoms with Crippen molar-refractivity contribution < 1.29 is 9.53 Å². The number of ether oxygens (including phenoxy) is 1. The monoisotopic (exact) mass is 381 g/mol. The number of carbonyl (C=O) groups is 1. The van der Waals surface area contributed by atoms with E-state index in [2.05, 4.69) is 11.4 Å². The second-order valence-electron chi connectivity index (χ2n) is 6.01. The minimum Gasteiger partial charge on any atom is -0.497 e. The van der Waals surface area contributed by atoms with Crippen LogP contribution >= 0.6 is 12.2 Å². The van der Waals surface area contributed by atoms with E-state index in [1.165, 1.54) is 5.56 Å². The molecule has 1 amide bonds. The summed E-state index contributed by atoms with van der Waals surface area (Å²) in [4.78, 5) is 14.2. The summed E-state index contributed by atoms with van der Waals surface area (Å²) in [6.07, 6.45) is 1.37. The Morgan fingerprint density at radius 2 is 1.81 bits per heavy atom. The molecule has 0 spiro atoms. The lowest BCUT2D eigenvalue weighted by molar-refractivity contribution is -0.119. The highest BCUT2D eigenvalue weighted by molar-refractivity contribution is 7.80. The Labute approximate surface area is 165 Å². The van der Waals surface area contributed by atoms with Crippen LogP contribution in [0.3, 0.4) is 0 Å². The van der Waals surface area contributed by atoms with Gasteiger partial charge in [0.2, 0.25) is 5.91 Å². The lowest BCUT2D eigenvalue weighted by Gasteiger charge is -2.24. The summed E-state index contributed by atoms with van der Waals surface area (Å²) in [5, 5.41) is 12.0. The molecule has 140 valence electrons. The first kappa shape index (κ1) is 20.4. The lowest BCUT2D eigenvalue weighted by atomic mass is 10.1. The minimum atomic E-state index is -0.174. The molecule has 2 aromatic rings. The van der Waals surface area contributed by atoms with Crippen molar-refractivity contribution in [1.29, 1.82) is 5.26 Å². The number of benzene rings is 2. The third-order valence-corrected chi connectivity index (χ3v) is 4.42. The third kappa shape index (κ3) is 7.08. The number of hydrogen-bond donors (Lipinski definition) is 1. The van der Waals surface area contributed by atoms with Gasteiger partial charge in [0.05, 0.1) is 26.0 Å². The molecule has 0 saturated heterocycles. The van der Waals surface area contributed by atoms with Gasteiger partial charge in [0.25, 0.3) is 0 Å². The van der Waals surface area contributed by atoms with Crippen LogP contribution in [-0.4, -0.2) is 36.1 Å². The number of nitrogens with one attached hydrogen (secondary N) is 1. The Kier molecular flexibility index (Phi) is 8.27. The van der Waals surface area contributed by atoms with Gasteiger partial charge < -0.3 is 15.0 Å². The van der Waals surface area contributed by atoms with Crippen LogP contribution < -0.4 is 10.1 Å². The lowest BCUT2D eigenvalue weighted by Crippen LogP contribution is -2.44. The number of rotatable bonds is 8. The van der Waals surface area contributed by atoms with Crippen LogP contribution in [0.2, 0.25) is 0 Å². The summed E-state index contributed by atoms with van der Waals surface area (Å²) in [6, 6.07) is 19.5. The molecule has 27 heavy (non-hydrogen) atoms. The second-order valence-corrected chi connectivity index (χ2v) is 6.40. The fourth-order valence-corrected chi connectivity index (χ4v) is 2.88. The Balaban J connectivity index is 1.90. The van der Waals surface area contributed by atoms with Crippen LogP contribution in [0.4, 0.5) is 0 Å². The second kappa shape index (κ2) is 10.9. The molecule has 1 N–H and O–H groups in total. The first-order chi connectivity index (χ1) is 13.1. The summed E-state index contributed by atoms with van der Waals surface area (Å²) < 4.78 is 5.12. The van der Waals surface area contributed by atoms with Gasteiger partial charge >= 0.3 is 0 Å². The van der Waals surface area contributed by atoms with Crippen molar-refractivity contribution in [2.75, 3.05) is 20.2 Å². The first-order valence-electron chi connectivity index (χ1n) is 8.75. The maximum absolute atomic E-state index is 12.3. The van der Waals surface area contributed by atoms with Crippen LogP contribution in [0.5, 0.6) is 5.75 Å². The van der Waals surface area contributed by atoms with Crippen molar-refractivity contribution >= 4 is 23.2 Å². The van der Waals surface area contributed by atoms with Crippen LogP contribution in [0.25, 0.3) is 0 Å². The van der Waals surface area contributed by atoms with Gasteiger partial charge in [-0.2, -0.15) is 5.26 Å². The molecular formula is C21H23N3O2S. The molecule has 2 rings (SSSR count). The average molecular weight is 382 g/mol. The van der Waals surface area contributed by atoms with E-state index in [-0.39, 0.29) is 12.3 Å². The molecular weight excluding hydrogens is 358 g/mol. The van der Waals surface area contributed by atoms with Crippen molar-refractivity contribution in [3.8, 4) is 11.8 Å². The van der Waals surface area contributed by atoms with Crippen LogP contribution in [-0.2, 0) is 17.6 Å². The van der Waals surface area contributed by atoms with Crippen molar-refractivity contribution in [2.45, 2.75) is 19.3 Å². The van der Waals surface area contributed by atoms with Crippen LogP contribution in [0, 0.1) is 11.3 Å². The van der Waals surface area contributed by atoms with Gasteiger partial charge in [-0.25, -0.2) is 0 Å². The van der Waals surface area contributed by atoms with Gasteiger partial charge in [0, 0.05) is 13.1 Å². The molecule has 0 aliphatic heterocycles. The zero-order chi connectivity index (χ0) is 19.5. The molecule has 2 aromatic carbocycles. The van der Waals surface area contributed by atoms with Crippen molar-refractivity contribution in [2.24, 2.45) is 0 Å². The van der Waals surface area contributed by atoms with Gasteiger partial charge in [-0.05, 0) is 41.9 Å². The third-order valence-electron chi connectivity index (χ3n) is 4.06. The highest BCUT2D eigenvalue weighted by Gasteiger charge is 2.13. The van der Waals surface area contributed by atoms with E-state index in [0.29, 0.717) is 24.6 Å². The Morgan fingerprint density at radius 3 is 2.44 bits per heavy atom. The smallest absolute Gasteiger partial charge is 0.230 e. The summed E-state index contributed by atoms with van der Waals surface area (Å²) in [5.41, 5.74) is 2.07. The topological polar surface area (TPSA) is 65.4 Å². The fourth-order valence-electron chi connectivity index (χ4n) is 2.58. The number of methoxy groups -OCH3 is 1. The first-order valence-corrected chi connectivity index (χ1v) is 9.15. The Bertz CT molecular complexity index is 785. The SMILES string of the molecule is COc1ccc(CC(=O)NC(=S)N(CCC#N)CCc2ccccc2)cc1. The number of amides is 1. The molecule has 0 aliphatic carbocycles. The molecule has 5 nitrogen and oxygen atoms in total. The summed E-state index contributed by atoms with van der Waals surface area (Å²) in [7, 11) is 1.60. The predicted octanol–water partition coefficient (Wildman–Crippen LogP) is 3.10. The van der Waals surface area contributed by atoms with Crippen molar-refractivity contribution in [3.63, 3.8) is 0 Å². The number of hydrogen-bond acceptors (Lipinski definition) is 4. The predicted molar refractivity (Wildman–Crippen MR) is 109 cm³/mol. The van der Waals surface area contributed by atoms with Crippen LogP contribution in [0.1, 0.15) is 17.5 Å². The molecule has 0 radical (unpaired) electrons. The number of carbonyl (C=O) groups excluding carboxylic acids is 1. The van der Waals surface area contributed by atoms with Gasteiger partial charge in [-0.1, -0.05) is 42.5 Å². The van der Waals surface area contributed by atoms with E-state index in [4.69, 9.17) is 22.2 Å². The van der Waals surface area contributed by atoms with Crippen LogP contribution in [0.15, 0.2) is 54.6 Å². The van der Waals surface area contributed by atoms with E-state index in [1.807, 2.05) is 59.5 Å². The van der Waals surface area contributed by atoms with Crippen molar-refractivity contribution in [1.82, 2.24) is 10.2 Å². The summed E-state index contributed by atoms with van der Waals surface area (Å²) in [5.74, 6) is 0.574.